The van der Waals surface area contributed by atoms with Crippen molar-refractivity contribution in [3.63, 3.8) is 0 Å². The molecule has 1 saturated heterocycles. The second-order valence-corrected chi connectivity index (χ2v) is 5.63. The van der Waals surface area contributed by atoms with E-state index >= 15 is 0 Å². The van der Waals surface area contributed by atoms with E-state index in [0.29, 0.717) is 0 Å². The third-order valence-electron chi connectivity index (χ3n) is 3.33. The molecule has 1 rings (SSSR count). The van der Waals surface area contributed by atoms with Crippen molar-refractivity contribution in [1.82, 2.24) is 15.1 Å². The summed E-state index contributed by atoms with van der Waals surface area (Å²) in [5, 5.41) is 12.4. The molecule has 1 heterocycles. The Morgan fingerprint density at radius 3 is 2.11 bits per heavy atom. The Morgan fingerprint density at radius 1 is 1.11 bits per heavy atom. The molecule has 4 nitrogen and oxygen atoms in total. The van der Waals surface area contributed by atoms with Crippen LogP contribution in [0.5, 0.6) is 0 Å². The molecule has 4 heteroatoms. The first-order valence-corrected chi connectivity index (χ1v) is 7.23. The second kappa shape index (κ2) is 8.47. The number of rotatable bonds is 7. The van der Waals surface area contributed by atoms with Gasteiger partial charge < -0.3 is 10.2 Å². The van der Waals surface area contributed by atoms with Crippen molar-refractivity contribution in [2.24, 2.45) is 5.92 Å². The molecule has 1 atom stereocenters. The molecule has 104 valence electrons. The maximum Gasteiger partial charge on any atom is 0.108 e. The van der Waals surface area contributed by atoms with E-state index in [2.05, 4.69) is 42.0 Å². The van der Waals surface area contributed by atoms with Gasteiger partial charge in [-0.25, -0.2) is 0 Å². The average molecular weight is 252 g/mol. The molecule has 18 heavy (non-hydrogen) atoms. The standard InChI is InChI=1S/C14H28N4/c1-4-5-16-14(10-15)12-18-8-6-17(7-9-18)11-13(2)3/h13-14,16H,4-9,11-12H2,1-3H3. The quantitative estimate of drug-likeness (QED) is 0.738. The zero-order valence-electron chi connectivity index (χ0n) is 12.2. The fourth-order valence-corrected chi connectivity index (χ4v) is 2.40. The first kappa shape index (κ1) is 15.4. The van der Waals surface area contributed by atoms with Crippen LogP contribution in [0.25, 0.3) is 0 Å². The van der Waals surface area contributed by atoms with Gasteiger partial charge in [0.25, 0.3) is 0 Å². The van der Waals surface area contributed by atoms with Gasteiger partial charge in [0.2, 0.25) is 0 Å². The number of nitrogens with zero attached hydrogens (tertiary/aromatic N) is 3. The molecule has 0 aromatic carbocycles. The predicted octanol–water partition coefficient (Wildman–Crippen LogP) is 1.15. The molecule has 0 radical (unpaired) electrons. The van der Waals surface area contributed by atoms with Crippen molar-refractivity contribution in [2.75, 3.05) is 45.8 Å². The molecule has 0 amide bonds. The van der Waals surface area contributed by atoms with E-state index < -0.39 is 0 Å². The van der Waals surface area contributed by atoms with Crippen LogP contribution >= 0.6 is 0 Å². The molecule has 0 saturated carbocycles. The lowest BCUT2D eigenvalue weighted by Gasteiger charge is -2.36. The van der Waals surface area contributed by atoms with Crippen molar-refractivity contribution in [3.8, 4) is 6.07 Å². The fourth-order valence-electron chi connectivity index (χ4n) is 2.40. The van der Waals surface area contributed by atoms with Gasteiger partial charge in [0, 0.05) is 39.3 Å². The van der Waals surface area contributed by atoms with E-state index in [-0.39, 0.29) is 6.04 Å². The van der Waals surface area contributed by atoms with Gasteiger partial charge in [0.1, 0.15) is 6.04 Å². The first-order chi connectivity index (χ1) is 8.65. The average Bonchev–Trinajstić information content (AvgIpc) is 2.36. The van der Waals surface area contributed by atoms with Crippen molar-refractivity contribution < 1.29 is 0 Å². The normalized spacial score (nSPS) is 19.9. The van der Waals surface area contributed by atoms with Crippen LogP contribution in [0.2, 0.25) is 0 Å². The lowest BCUT2D eigenvalue weighted by Crippen LogP contribution is -2.51. The topological polar surface area (TPSA) is 42.3 Å². The zero-order chi connectivity index (χ0) is 13.4. The smallest absolute Gasteiger partial charge is 0.108 e. The Balaban J connectivity index is 2.23. The SMILES string of the molecule is CCCNC(C#N)CN1CCN(CC(C)C)CC1. The Labute approximate surface area is 112 Å². The van der Waals surface area contributed by atoms with Gasteiger partial charge in [-0.2, -0.15) is 5.26 Å². The lowest BCUT2D eigenvalue weighted by atomic mass is 10.2. The van der Waals surface area contributed by atoms with Gasteiger partial charge in [0.15, 0.2) is 0 Å². The molecule has 1 unspecified atom stereocenters. The van der Waals surface area contributed by atoms with Gasteiger partial charge in [-0.1, -0.05) is 20.8 Å². The summed E-state index contributed by atoms with van der Waals surface area (Å²) in [7, 11) is 0. The predicted molar refractivity (Wildman–Crippen MR) is 75.4 cm³/mol. The maximum absolute atomic E-state index is 9.10. The van der Waals surface area contributed by atoms with Gasteiger partial charge in [0.05, 0.1) is 6.07 Å². The Morgan fingerprint density at radius 2 is 1.67 bits per heavy atom. The molecule has 1 aliphatic heterocycles. The highest BCUT2D eigenvalue weighted by molar-refractivity contribution is 4.92. The van der Waals surface area contributed by atoms with E-state index in [9.17, 15) is 0 Å². The number of hydrogen-bond donors (Lipinski definition) is 1. The summed E-state index contributed by atoms with van der Waals surface area (Å²) in [6.07, 6.45) is 1.08. The minimum absolute atomic E-state index is 0.0124. The summed E-state index contributed by atoms with van der Waals surface area (Å²) < 4.78 is 0. The minimum atomic E-state index is -0.0124. The highest BCUT2D eigenvalue weighted by Gasteiger charge is 2.19. The van der Waals surface area contributed by atoms with Gasteiger partial charge in [-0.05, 0) is 18.9 Å². The fraction of sp³-hybridized carbons (Fsp3) is 0.929. The number of nitriles is 1. The molecule has 1 aliphatic rings. The van der Waals surface area contributed by atoms with Crippen molar-refractivity contribution in [2.45, 2.75) is 33.2 Å². The molecular weight excluding hydrogens is 224 g/mol. The summed E-state index contributed by atoms with van der Waals surface area (Å²) in [5.74, 6) is 0.745. The van der Waals surface area contributed by atoms with Crippen LogP contribution in [-0.4, -0.2) is 61.7 Å². The molecule has 0 aromatic heterocycles. The molecule has 0 aliphatic carbocycles. The highest BCUT2D eigenvalue weighted by atomic mass is 15.3. The molecule has 0 bridgehead atoms. The summed E-state index contributed by atoms with van der Waals surface area (Å²) >= 11 is 0. The van der Waals surface area contributed by atoms with Crippen molar-refractivity contribution >= 4 is 0 Å². The monoisotopic (exact) mass is 252 g/mol. The van der Waals surface area contributed by atoms with Crippen molar-refractivity contribution in [3.05, 3.63) is 0 Å². The summed E-state index contributed by atoms with van der Waals surface area (Å²) in [6, 6.07) is 2.35. The van der Waals surface area contributed by atoms with Crippen LogP contribution < -0.4 is 5.32 Å². The summed E-state index contributed by atoms with van der Waals surface area (Å²) in [6.45, 7) is 14.2. The Hall–Kier alpha value is -0.630. The minimum Gasteiger partial charge on any atom is -0.301 e. The van der Waals surface area contributed by atoms with Crippen molar-refractivity contribution in [1.29, 1.82) is 5.26 Å². The summed E-state index contributed by atoms with van der Waals surface area (Å²) in [4.78, 5) is 4.94. The van der Waals surface area contributed by atoms with Crippen LogP contribution in [0.15, 0.2) is 0 Å². The third kappa shape index (κ3) is 5.81. The maximum atomic E-state index is 9.10. The van der Waals surface area contributed by atoms with Crippen LogP contribution in [0.1, 0.15) is 27.2 Å². The van der Waals surface area contributed by atoms with E-state index in [1.807, 2.05) is 0 Å². The van der Waals surface area contributed by atoms with E-state index in [4.69, 9.17) is 5.26 Å². The highest BCUT2D eigenvalue weighted by Crippen LogP contribution is 2.05. The van der Waals surface area contributed by atoms with Gasteiger partial charge in [-0.3, -0.25) is 4.90 Å². The first-order valence-electron chi connectivity index (χ1n) is 7.23. The molecular formula is C14H28N4. The van der Waals surface area contributed by atoms with Crippen LogP contribution in [0, 0.1) is 17.2 Å². The summed E-state index contributed by atoms with van der Waals surface area (Å²) in [5.41, 5.74) is 0. The molecule has 0 aromatic rings. The molecule has 0 spiro atoms. The van der Waals surface area contributed by atoms with Gasteiger partial charge >= 0.3 is 0 Å². The zero-order valence-corrected chi connectivity index (χ0v) is 12.2. The van der Waals surface area contributed by atoms with Gasteiger partial charge in [-0.15, -0.1) is 0 Å². The number of hydrogen-bond acceptors (Lipinski definition) is 4. The molecule has 1 fully saturated rings. The lowest BCUT2D eigenvalue weighted by molar-refractivity contribution is 0.118. The van der Waals surface area contributed by atoms with E-state index in [1.54, 1.807) is 0 Å². The van der Waals surface area contributed by atoms with Crippen LogP contribution in [0.3, 0.4) is 0 Å². The Kier molecular flexibility index (Phi) is 7.26. The third-order valence-corrected chi connectivity index (χ3v) is 3.33. The van der Waals surface area contributed by atoms with Crippen LogP contribution in [-0.2, 0) is 0 Å². The Bertz CT molecular complexity index is 251. The second-order valence-electron chi connectivity index (χ2n) is 5.63. The van der Waals surface area contributed by atoms with E-state index in [1.165, 1.54) is 6.54 Å². The van der Waals surface area contributed by atoms with Crippen LogP contribution in [0.4, 0.5) is 0 Å². The largest absolute Gasteiger partial charge is 0.301 e. The number of nitrogens with one attached hydrogen (secondary N) is 1. The molecule has 1 N–H and O–H groups in total. The van der Waals surface area contributed by atoms with E-state index in [0.717, 1.165) is 51.6 Å². The number of piperazine rings is 1.